The molecule has 0 aromatic rings. The van der Waals surface area contributed by atoms with Crippen LogP contribution in [-0.4, -0.2) is 22.8 Å². The fraction of sp³-hybridized carbons (Fsp3) is 0.647. The first-order valence-electron chi connectivity index (χ1n) is 7.38. The largest absolute Gasteiger partial charge is 0.393 e. The predicted octanol–water partition coefficient (Wildman–Crippen LogP) is 2.69. The van der Waals surface area contributed by atoms with Crippen LogP contribution in [0.25, 0.3) is 0 Å². The van der Waals surface area contributed by atoms with E-state index < -0.39 is 6.10 Å². The Bertz CT molecular complexity index is 421. The van der Waals surface area contributed by atoms with Gasteiger partial charge in [0.2, 0.25) is 0 Å². The van der Waals surface area contributed by atoms with Gasteiger partial charge in [0.25, 0.3) is 0 Å². The van der Waals surface area contributed by atoms with Gasteiger partial charge in [-0.2, -0.15) is 0 Å². The first-order valence-corrected chi connectivity index (χ1v) is 7.38. The van der Waals surface area contributed by atoms with Crippen LogP contribution in [0, 0.1) is 23.7 Å². The van der Waals surface area contributed by atoms with E-state index in [4.69, 9.17) is 0 Å². The van der Waals surface area contributed by atoms with Gasteiger partial charge in [0.05, 0.1) is 6.10 Å². The summed E-state index contributed by atoms with van der Waals surface area (Å²) in [5, 5.41) is 10.1. The number of hydrogen-bond donors (Lipinski definition) is 1. The fourth-order valence-electron chi connectivity index (χ4n) is 3.09. The molecule has 0 spiro atoms. The van der Waals surface area contributed by atoms with Crippen molar-refractivity contribution in [1.82, 2.24) is 0 Å². The molecule has 2 saturated carbocycles. The fourth-order valence-corrected chi connectivity index (χ4v) is 3.09. The molecular weight excluding hydrogens is 252 g/mol. The Morgan fingerprint density at radius 2 is 1.35 bits per heavy atom. The molecule has 2 fully saturated rings. The molecule has 0 aliphatic heterocycles. The van der Waals surface area contributed by atoms with Crippen LogP contribution in [0.4, 0.5) is 0 Å². The van der Waals surface area contributed by atoms with E-state index in [0.717, 1.165) is 12.8 Å². The van der Waals surface area contributed by atoms with Crippen LogP contribution in [0.15, 0.2) is 24.3 Å². The zero-order valence-electron chi connectivity index (χ0n) is 12.4. The number of rotatable bonds is 8. The van der Waals surface area contributed by atoms with Crippen LogP contribution in [-0.2, 0) is 9.59 Å². The van der Waals surface area contributed by atoms with Crippen molar-refractivity contribution >= 4 is 11.6 Å². The van der Waals surface area contributed by atoms with Gasteiger partial charge in [-0.25, -0.2) is 0 Å². The molecule has 110 valence electrons. The zero-order valence-corrected chi connectivity index (χ0v) is 12.4. The molecule has 2 rings (SSSR count). The van der Waals surface area contributed by atoms with Crippen LogP contribution in [0.2, 0.25) is 0 Å². The minimum absolute atomic E-state index is 0.0780. The third kappa shape index (κ3) is 3.45. The van der Waals surface area contributed by atoms with Crippen molar-refractivity contribution in [2.45, 2.75) is 45.6 Å². The van der Waals surface area contributed by atoms with Gasteiger partial charge in [-0.15, -0.1) is 0 Å². The number of carbonyl (C=O) groups excluding carboxylic acids is 2. The van der Waals surface area contributed by atoms with E-state index in [9.17, 15) is 14.7 Å². The summed E-state index contributed by atoms with van der Waals surface area (Å²) in [6.45, 7) is 10.8. The summed E-state index contributed by atoms with van der Waals surface area (Å²) in [6, 6.07) is 0. The second-order valence-corrected chi connectivity index (χ2v) is 6.62. The molecule has 3 heteroatoms. The minimum Gasteiger partial charge on any atom is -0.393 e. The van der Waals surface area contributed by atoms with Crippen molar-refractivity contribution < 1.29 is 14.7 Å². The van der Waals surface area contributed by atoms with Crippen molar-refractivity contribution in [1.29, 1.82) is 0 Å². The topological polar surface area (TPSA) is 54.4 Å². The van der Waals surface area contributed by atoms with Crippen molar-refractivity contribution in [2.75, 3.05) is 0 Å². The lowest BCUT2D eigenvalue weighted by Gasteiger charge is -2.09. The van der Waals surface area contributed by atoms with Crippen LogP contribution in [0.5, 0.6) is 0 Å². The van der Waals surface area contributed by atoms with Gasteiger partial charge in [0.1, 0.15) is 0 Å². The van der Waals surface area contributed by atoms with Crippen LogP contribution in [0.1, 0.15) is 39.5 Å². The van der Waals surface area contributed by atoms with Gasteiger partial charge in [-0.3, -0.25) is 9.59 Å². The molecule has 1 N–H and O–H groups in total. The molecule has 0 heterocycles. The number of ketones is 2. The summed E-state index contributed by atoms with van der Waals surface area (Å²) in [4.78, 5) is 23.4. The SMILES string of the molecule is C=C(C)C(=O)[C@H]1CC1CC(O)C[C@H]1C[C@H]1C(=O)C(=C)C. The zero-order chi connectivity index (χ0) is 15.0. The second kappa shape index (κ2) is 5.65. The molecular formula is C17H24O3. The normalized spacial score (nSPS) is 32.4. The van der Waals surface area contributed by atoms with E-state index in [1.165, 1.54) is 0 Å². The third-order valence-electron chi connectivity index (χ3n) is 4.51. The van der Waals surface area contributed by atoms with Gasteiger partial charge in [0.15, 0.2) is 11.6 Å². The molecule has 0 aromatic heterocycles. The summed E-state index contributed by atoms with van der Waals surface area (Å²) in [6.07, 6.45) is 2.71. The van der Waals surface area contributed by atoms with E-state index in [2.05, 4.69) is 13.2 Å². The first kappa shape index (κ1) is 15.2. The molecule has 3 nitrogen and oxygen atoms in total. The Morgan fingerprint density at radius 3 is 1.65 bits per heavy atom. The predicted molar refractivity (Wildman–Crippen MR) is 78.1 cm³/mol. The lowest BCUT2D eigenvalue weighted by Crippen LogP contribution is -2.13. The molecule has 0 radical (unpaired) electrons. The Balaban J connectivity index is 1.70. The quantitative estimate of drug-likeness (QED) is 0.693. The molecule has 0 aromatic carbocycles. The molecule has 2 aliphatic rings. The number of allylic oxidation sites excluding steroid dienone is 2. The van der Waals surface area contributed by atoms with E-state index in [1.54, 1.807) is 13.8 Å². The number of hydrogen-bond acceptors (Lipinski definition) is 3. The average molecular weight is 276 g/mol. The average Bonchev–Trinajstić information content (AvgIpc) is 3.24. The lowest BCUT2D eigenvalue weighted by molar-refractivity contribution is -0.117. The summed E-state index contributed by atoms with van der Waals surface area (Å²) >= 11 is 0. The van der Waals surface area contributed by atoms with Crippen molar-refractivity contribution in [2.24, 2.45) is 23.7 Å². The Morgan fingerprint density at radius 1 is 1.00 bits per heavy atom. The van der Waals surface area contributed by atoms with Crippen molar-refractivity contribution in [3.63, 3.8) is 0 Å². The molecule has 20 heavy (non-hydrogen) atoms. The van der Waals surface area contributed by atoms with E-state index in [1.807, 2.05) is 0 Å². The van der Waals surface area contributed by atoms with E-state index in [0.29, 0.717) is 35.8 Å². The highest BCUT2D eigenvalue weighted by Crippen LogP contribution is 2.48. The highest BCUT2D eigenvalue weighted by atomic mass is 16.3. The smallest absolute Gasteiger partial charge is 0.161 e. The molecule has 2 unspecified atom stereocenters. The number of Topliss-reactive ketones (excluding diaryl/α,β-unsaturated/α-hetero) is 2. The number of aliphatic hydroxyl groups is 1. The Kier molecular flexibility index (Phi) is 4.28. The van der Waals surface area contributed by atoms with Crippen molar-refractivity contribution in [3.05, 3.63) is 24.3 Å². The first-order chi connectivity index (χ1) is 9.31. The summed E-state index contributed by atoms with van der Waals surface area (Å²) in [5.74, 6) is 1.06. The van der Waals surface area contributed by atoms with Gasteiger partial charge >= 0.3 is 0 Å². The lowest BCUT2D eigenvalue weighted by atomic mass is 10.0. The highest BCUT2D eigenvalue weighted by molar-refractivity contribution is 5.98. The molecule has 0 amide bonds. The van der Waals surface area contributed by atoms with Crippen molar-refractivity contribution in [3.8, 4) is 0 Å². The minimum atomic E-state index is -0.393. The number of carbonyl (C=O) groups is 2. The molecule has 0 bridgehead atoms. The van der Waals surface area contributed by atoms with Crippen LogP contribution >= 0.6 is 0 Å². The monoisotopic (exact) mass is 276 g/mol. The third-order valence-corrected chi connectivity index (χ3v) is 4.51. The summed E-state index contributed by atoms with van der Waals surface area (Å²) in [5.41, 5.74) is 1.22. The van der Waals surface area contributed by atoms with Gasteiger partial charge in [0, 0.05) is 11.8 Å². The highest BCUT2D eigenvalue weighted by Gasteiger charge is 2.46. The van der Waals surface area contributed by atoms with Crippen LogP contribution in [0.3, 0.4) is 0 Å². The van der Waals surface area contributed by atoms with Crippen LogP contribution < -0.4 is 0 Å². The maximum absolute atomic E-state index is 11.7. The molecule has 2 aliphatic carbocycles. The second-order valence-electron chi connectivity index (χ2n) is 6.62. The standard InChI is InChI=1S/C17H24O3/c1-9(2)16(19)14-7-11(14)5-13(18)6-12-8-15(12)17(20)10(3)4/h11-15,18H,1,3,5-8H2,2,4H3/t11-,12?,13?,14+,15-/m0/s1. The van der Waals surface area contributed by atoms with Gasteiger partial charge < -0.3 is 5.11 Å². The maximum Gasteiger partial charge on any atom is 0.161 e. The molecule has 0 saturated heterocycles. The number of aliphatic hydroxyl groups excluding tert-OH is 1. The Labute approximate surface area is 120 Å². The molecule has 5 atom stereocenters. The van der Waals surface area contributed by atoms with E-state index in [-0.39, 0.29) is 23.4 Å². The van der Waals surface area contributed by atoms with Gasteiger partial charge in [-0.05, 0) is 62.5 Å². The van der Waals surface area contributed by atoms with Gasteiger partial charge in [-0.1, -0.05) is 13.2 Å². The maximum atomic E-state index is 11.7. The Hall–Kier alpha value is -1.22. The summed E-state index contributed by atoms with van der Waals surface area (Å²) < 4.78 is 0. The van der Waals surface area contributed by atoms with E-state index >= 15 is 0 Å². The summed E-state index contributed by atoms with van der Waals surface area (Å²) in [7, 11) is 0.